The molecule has 0 aliphatic heterocycles. The highest BCUT2D eigenvalue weighted by molar-refractivity contribution is 6.19. The van der Waals surface area contributed by atoms with Crippen LogP contribution in [0.3, 0.4) is 0 Å². The molecular weight excluding hydrogens is 160 g/mol. The monoisotopic (exact) mass is 174 g/mol. The molecule has 0 bridgehead atoms. The Bertz CT molecular complexity index is 128. The first-order chi connectivity index (χ1) is 5.33. The van der Waals surface area contributed by atoms with Gasteiger partial charge in [-0.1, -0.05) is 19.4 Å². The van der Waals surface area contributed by atoms with E-state index in [1.54, 1.807) is 0 Å². The van der Waals surface area contributed by atoms with Crippen LogP contribution >= 0.6 is 11.6 Å². The molecule has 2 heteroatoms. The summed E-state index contributed by atoms with van der Waals surface area (Å²) in [5.41, 5.74) is 0.985. The lowest BCUT2D eigenvalue weighted by Gasteiger charge is -2.10. The molecule has 11 heavy (non-hydrogen) atoms. The Morgan fingerprint density at radius 2 is 2.09 bits per heavy atom. The Morgan fingerprint density at radius 3 is 2.64 bits per heavy atom. The van der Waals surface area contributed by atoms with Crippen molar-refractivity contribution in [3.05, 3.63) is 12.2 Å². The van der Waals surface area contributed by atoms with Gasteiger partial charge in [0, 0.05) is 5.88 Å². The molecule has 1 aliphatic rings. The maximum atomic E-state index is 5.57. The molecule has 0 saturated heterocycles. The van der Waals surface area contributed by atoms with E-state index in [1.165, 1.54) is 25.7 Å². The highest BCUT2D eigenvalue weighted by Gasteiger charge is 2.14. The molecule has 0 atom stereocenters. The van der Waals surface area contributed by atoms with Gasteiger partial charge in [-0.3, -0.25) is 0 Å². The molecule has 64 valence electrons. The van der Waals surface area contributed by atoms with Crippen LogP contribution in [0, 0.1) is 0 Å². The van der Waals surface area contributed by atoms with Crippen LogP contribution in [0.1, 0.15) is 25.7 Å². The van der Waals surface area contributed by atoms with E-state index in [2.05, 4.69) is 6.58 Å². The van der Waals surface area contributed by atoms with Crippen LogP contribution in [0.15, 0.2) is 12.2 Å². The van der Waals surface area contributed by atoms with Crippen molar-refractivity contribution in [3.8, 4) is 0 Å². The van der Waals surface area contributed by atoms with Crippen LogP contribution in [0.2, 0.25) is 0 Å². The number of hydrogen-bond acceptors (Lipinski definition) is 1. The Kier molecular flexibility index (Phi) is 3.95. The minimum atomic E-state index is 0.481. The van der Waals surface area contributed by atoms with Crippen LogP contribution in [0.5, 0.6) is 0 Å². The SMILES string of the molecule is C=C(CCl)COC1CCCC1. The molecule has 1 rings (SSSR count). The van der Waals surface area contributed by atoms with Gasteiger partial charge in [0.1, 0.15) is 0 Å². The molecule has 0 aromatic carbocycles. The summed E-state index contributed by atoms with van der Waals surface area (Å²) in [4.78, 5) is 0. The van der Waals surface area contributed by atoms with Gasteiger partial charge >= 0.3 is 0 Å². The van der Waals surface area contributed by atoms with Crippen molar-refractivity contribution in [1.29, 1.82) is 0 Å². The molecule has 0 aromatic rings. The smallest absolute Gasteiger partial charge is 0.0689 e. The molecule has 1 fully saturated rings. The summed E-state index contributed by atoms with van der Waals surface area (Å²) in [5.74, 6) is 0.521. The average Bonchev–Trinajstić information content (AvgIpc) is 2.52. The van der Waals surface area contributed by atoms with Crippen molar-refractivity contribution in [2.75, 3.05) is 12.5 Å². The molecule has 1 saturated carbocycles. The largest absolute Gasteiger partial charge is 0.374 e. The fourth-order valence-corrected chi connectivity index (χ4v) is 1.41. The number of ether oxygens (including phenoxy) is 1. The number of hydrogen-bond donors (Lipinski definition) is 0. The Morgan fingerprint density at radius 1 is 1.45 bits per heavy atom. The zero-order valence-corrected chi connectivity index (χ0v) is 7.57. The highest BCUT2D eigenvalue weighted by atomic mass is 35.5. The van der Waals surface area contributed by atoms with E-state index in [0.29, 0.717) is 18.6 Å². The Hall–Kier alpha value is -0.0100. The van der Waals surface area contributed by atoms with Crippen LogP contribution in [0.4, 0.5) is 0 Å². The van der Waals surface area contributed by atoms with Gasteiger partial charge in [0.2, 0.25) is 0 Å². The van der Waals surface area contributed by atoms with E-state index in [4.69, 9.17) is 16.3 Å². The molecule has 0 unspecified atom stereocenters. The van der Waals surface area contributed by atoms with Crippen molar-refractivity contribution in [1.82, 2.24) is 0 Å². The molecule has 0 heterocycles. The quantitative estimate of drug-likeness (QED) is 0.471. The highest BCUT2D eigenvalue weighted by Crippen LogP contribution is 2.21. The van der Waals surface area contributed by atoms with E-state index in [-0.39, 0.29) is 0 Å². The second-order valence-corrected chi connectivity index (χ2v) is 3.37. The van der Waals surface area contributed by atoms with Crippen molar-refractivity contribution in [3.63, 3.8) is 0 Å². The lowest BCUT2D eigenvalue weighted by Crippen LogP contribution is -2.09. The predicted octanol–water partition coefficient (Wildman–Crippen LogP) is 2.74. The average molecular weight is 175 g/mol. The van der Waals surface area contributed by atoms with E-state index in [9.17, 15) is 0 Å². The lowest BCUT2D eigenvalue weighted by molar-refractivity contribution is 0.0757. The fourth-order valence-electron chi connectivity index (χ4n) is 1.33. The second kappa shape index (κ2) is 4.78. The molecule has 0 radical (unpaired) electrons. The number of alkyl halides is 1. The topological polar surface area (TPSA) is 9.23 Å². The summed E-state index contributed by atoms with van der Waals surface area (Å²) in [6.07, 6.45) is 5.55. The van der Waals surface area contributed by atoms with Gasteiger partial charge < -0.3 is 4.74 Å². The lowest BCUT2D eigenvalue weighted by atomic mass is 10.3. The first-order valence-electron chi connectivity index (χ1n) is 4.17. The number of halogens is 1. The molecule has 0 aromatic heterocycles. The normalized spacial score (nSPS) is 19.0. The van der Waals surface area contributed by atoms with Gasteiger partial charge in [-0.2, -0.15) is 0 Å². The maximum Gasteiger partial charge on any atom is 0.0689 e. The van der Waals surface area contributed by atoms with Gasteiger partial charge in [-0.15, -0.1) is 11.6 Å². The summed E-state index contributed by atoms with van der Waals surface area (Å²) < 4.78 is 5.57. The molecule has 0 amide bonds. The minimum absolute atomic E-state index is 0.481. The summed E-state index contributed by atoms with van der Waals surface area (Å²) >= 11 is 5.56. The van der Waals surface area contributed by atoms with Gasteiger partial charge in [0.25, 0.3) is 0 Å². The van der Waals surface area contributed by atoms with Crippen LogP contribution in [-0.2, 0) is 4.74 Å². The summed E-state index contributed by atoms with van der Waals surface area (Å²) in [6, 6.07) is 0. The van der Waals surface area contributed by atoms with Crippen molar-refractivity contribution in [2.24, 2.45) is 0 Å². The Labute approximate surface area is 73.4 Å². The minimum Gasteiger partial charge on any atom is -0.374 e. The summed E-state index contributed by atoms with van der Waals surface area (Å²) in [5, 5.41) is 0. The maximum absolute atomic E-state index is 5.57. The third-order valence-corrected chi connectivity index (χ3v) is 2.39. The van der Waals surface area contributed by atoms with Gasteiger partial charge in [-0.05, 0) is 18.4 Å². The van der Waals surface area contributed by atoms with Gasteiger partial charge in [0.05, 0.1) is 12.7 Å². The predicted molar refractivity (Wildman–Crippen MR) is 48.1 cm³/mol. The number of rotatable bonds is 4. The fraction of sp³-hybridized carbons (Fsp3) is 0.778. The second-order valence-electron chi connectivity index (χ2n) is 3.10. The molecule has 1 nitrogen and oxygen atoms in total. The van der Waals surface area contributed by atoms with E-state index in [1.807, 2.05) is 0 Å². The molecule has 0 N–H and O–H groups in total. The van der Waals surface area contributed by atoms with Crippen molar-refractivity contribution >= 4 is 11.6 Å². The van der Waals surface area contributed by atoms with E-state index in [0.717, 1.165) is 5.57 Å². The van der Waals surface area contributed by atoms with Crippen LogP contribution in [-0.4, -0.2) is 18.6 Å². The first kappa shape index (κ1) is 9.08. The third kappa shape index (κ3) is 3.26. The molecule has 0 spiro atoms. The van der Waals surface area contributed by atoms with Crippen molar-refractivity contribution in [2.45, 2.75) is 31.8 Å². The zero-order valence-electron chi connectivity index (χ0n) is 6.81. The van der Waals surface area contributed by atoms with Crippen LogP contribution in [0.25, 0.3) is 0 Å². The standard InChI is InChI=1S/C9H15ClO/c1-8(6-10)7-11-9-4-2-3-5-9/h9H,1-7H2. The van der Waals surface area contributed by atoms with Crippen molar-refractivity contribution < 1.29 is 4.74 Å². The summed E-state index contributed by atoms with van der Waals surface area (Å²) in [7, 11) is 0. The molecular formula is C9H15ClO. The third-order valence-electron chi connectivity index (χ3n) is 2.01. The summed E-state index contributed by atoms with van der Waals surface area (Å²) in [6.45, 7) is 4.42. The molecule has 1 aliphatic carbocycles. The van der Waals surface area contributed by atoms with E-state index >= 15 is 0 Å². The van der Waals surface area contributed by atoms with Gasteiger partial charge in [0.15, 0.2) is 0 Å². The first-order valence-corrected chi connectivity index (χ1v) is 4.70. The van der Waals surface area contributed by atoms with Gasteiger partial charge in [-0.25, -0.2) is 0 Å². The van der Waals surface area contributed by atoms with Crippen LogP contribution < -0.4 is 0 Å². The zero-order chi connectivity index (χ0) is 8.10. The van der Waals surface area contributed by atoms with E-state index < -0.39 is 0 Å². The Balaban J connectivity index is 2.06.